The highest BCUT2D eigenvalue weighted by Crippen LogP contribution is 2.20. The number of hydrogen-bond acceptors (Lipinski definition) is 4. The van der Waals surface area contributed by atoms with E-state index in [0.717, 1.165) is 22.4 Å². The second kappa shape index (κ2) is 9.55. The van der Waals surface area contributed by atoms with E-state index >= 15 is 0 Å². The first-order valence-corrected chi connectivity index (χ1v) is 8.92. The Morgan fingerprint density at radius 3 is 1.93 bits per heavy atom. The Labute approximate surface area is 159 Å². The molecule has 3 rings (SSSR count). The van der Waals surface area contributed by atoms with E-state index in [2.05, 4.69) is 0 Å². The van der Waals surface area contributed by atoms with Crippen molar-refractivity contribution in [1.82, 2.24) is 0 Å². The maximum Gasteiger partial charge on any atom is 0.308 e. The van der Waals surface area contributed by atoms with Gasteiger partial charge in [-0.2, -0.15) is 0 Å². The number of esters is 1. The molecule has 0 bridgehead atoms. The minimum absolute atomic E-state index is 0.136. The summed E-state index contributed by atoms with van der Waals surface area (Å²) in [4.78, 5) is 12.0. The molecule has 0 aliphatic rings. The number of rotatable bonds is 8. The summed E-state index contributed by atoms with van der Waals surface area (Å²) in [5, 5.41) is 0. The van der Waals surface area contributed by atoms with Crippen molar-refractivity contribution >= 4 is 5.97 Å². The van der Waals surface area contributed by atoms with Gasteiger partial charge in [0.1, 0.15) is 19.0 Å². The fourth-order valence-electron chi connectivity index (χ4n) is 2.65. The standard InChI is InChI=1S/C23H23NO3/c24-22(15-23(25)27-17-19-9-5-2-6-10-19)20-11-13-21(14-12-20)26-16-18-7-3-1-4-8-18/h1-14,22H,15-17,24H2/t22-/m0/s1. The highest BCUT2D eigenvalue weighted by molar-refractivity contribution is 5.70. The lowest BCUT2D eigenvalue weighted by Crippen LogP contribution is -2.17. The molecule has 0 aromatic heterocycles. The second-order valence-corrected chi connectivity index (χ2v) is 6.30. The molecule has 0 radical (unpaired) electrons. The van der Waals surface area contributed by atoms with Crippen molar-refractivity contribution in [2.45, 2.75) is 25.7 Å². The Bertz CT molecular complexity index is 833. The summed E-state index contributed by atoms with van der Waals surface area (Å²) < 4.78 is 11.1. The molecule has 1 atom stereocenters. The fourth-order valence-corrected chi connectivity index (χ4v) is 2.65. The Kier molecular flexibility index (Phi) is 6.61. The van der Waals surface area contributed by atoms with Crippen molar-refractivity contribution in [2.24, 2.45) is 5.73 Å². The summed E-state index contributed by atoms with van der Waals surface area (Å²) in [7, 11) is 0. The molecule has 0 fully saturated rings. The number of benzene rings is 3. The molecule has 0 unspecified atom stereocenters. The van der Waals surface area contributed by atoms with Crippen LogP contribution in [0.2, 0.25) is 0 Å². The second-order valence-electron chi connectivity index (χ2n) is 6.30. The zero-order chi connectivity index (χ0) is 18.9. The van der Waals surface area contributed by atoms with E-state index in [9.17, 15) is 4.79 Å². The predicted molar refractivity (Wildman–Crippen MR) is 105 cm³/mol. The van der Waals surface area contributed by atoms with E-state index in [1.54, 1.807) is 0 Å². The number of ether oxygens (including phenoxy) is 2. The van der Waals surface area contributed by atoms with Crippen LogP contribution in [-0.4, -0.2) is 5.97 Å². The summed E-state index contributed by atoms with van der Waals surface area (Å²) in [6, 6.07) is 26.7. The summed E-state index contributed by atoms with van der Waals surface area (Å²) in [5.41, 5.74) is 9.08. The molecule has 138 valence electrons. The van der Waals surface area contributed by atoms with E-state index in [4.69, 9.17) is 15.2 Å². The third-order valence-electron chi connectivity index (χ3n) is 4.19. The molecule has 0 saturated carbocycles. The van der Waals surface area contributed by atoms with E-state index < -0.39 is 6.04 Å². The first-order chi connectivity index (χ1) is 13.2. The van der Waals surface area contributed by atoms with Gasteiger partial charge in [0, 0.05) is 6.04 Å². The molecule has 0 saturated heterocycles. The average molecular weight is 361 g/mol. The maximum absolute atomic E-state index is 12.0. The van der Waals surface area contributed by atoms with Gasteiger partial charge in [-0.15, -0.1) is 0 Å². The molecule has 2 N–H and O–H groups in total. The summed E-state index contributed by atoms with van der Waals surface area (Å²) in [5.74, 6) is 0.456. The SMILES string of the molecule is N[C@@H](CC(=O)OCc1ccccc1)c1ccc(OCc2ccccc2)cc1. The van der Waals surface area contributed by atoms with Gasteiger partial charge in [-0.25, -0.2) is 0 Å². The van der Waals surface area contributed by atoms with Crippen LogP contribution in [0.25, 0.3) is 0 Å². The van der Waals surface area contributed by atoms with Gasteiger partial charge >= 0.3 is 5.97 Å². The van der Waals surface area contributed by atoms with Gasteiger partial charge < -0.3 is 15.2 Å². The zero-order valence-electron chi connectivity index (χ0n) is 15.1. The highest BCUT2D eigenvalue weighted by atomic mass is 16.5. The molecule has 3 aromatic carbocycles. The molecule has 0 amide bonds. The minimum Gasteiger partial charge on any atom is -0.489 e. The largest absolute Gasteiger partial charge is 0.489 e. The van der Waals surface area contributed by atoms with E-state index in [-0.39, 0.29) is 19.0 Å². The van der Waals surface area contributed by atoms with Gasteiger partial charge in [-0.1, -0.05) is 72.8 Å². The zero-order valence-corrected chi connectivity index (χ0v) is 15.1. The minimum atomic E-state index is -0.406. The third kappa shape index (κ3) is 5.97. The Hall–Kier alpha value is -3.11. The van der Waals surface area contributed by atoms with Crippen molar-refractivity contribution in [1.29, 1.82) is 0 Å². The number of hydrogen-bond donors (Lipinski definition) is 1. The topological polar surface area (TPSA) is 61.6 Å². The molecule has 27 heavy (non-hydrogen) atoms. The molecule has 0 spiro atoms. The summed E-state index contributed by atoms with van der Waals surface area (Å²) in [6.07, 6.45) is 0.136. The molecule has 4 heteroatoms. The molecule has 0 aliphatic carbocycles. The normalized spacial score (nSPS) is 11.6. The monoisotopic (exact) mass is 361 g/mol. The molecule has 0 heterocycles. The third-order valence-corrected chi connectivity index (χ3v) is 4.19. The van der Waals surface area contributed by atoms with Gasteiger partial charge in [0.25, 0.3) is 0 Å². The van der Waals surface area contributed by atoms with Crippen LogP contribution in [0.1, 0.15) is 29.2 Å². The van der Waals surface area contributed by atoms with E-state index in [1.165, 1.54) is 0 Å². The molecule has 0 aliphatic heterocycles. The van der Waals surface area contributed by atoms with Crippen molar-refractivity contribution in [3.8, 4) is 5.75 Å². The number of carbonyl (C=O) groups is 1. The van der Waals surface area contributed by atoms with Crippen LogP contribution in [0.4, 0.5) is 0 Å². The lowest BCUT2D eigenvalue weighted by atomic mass is 10.0. The molecular weight excluding hydrogens is 338 g/mol. The van der Waals surface area contributed by atoms with Gasteiger partial charge in [0.15, 0.2) is 0 Å². The van der Waals surface area contributed by atoms with Crippen molar-refractivity contribution in [2.75, 3.05) is 0 Å². The van der Waals surface area contributed by atoms with Gasteiger partial charge in [-0.3, -0.25) is 4.79 Å². The number of nitrogens with two attached hydrogens (primary N) is 1. The van der Waals surface area contributed by atoms with Crippen LogP contribution in [0.5, 0.6) is 5.75 Å². The molecule has 4 nitrogen and oxygen atoms in total. The van der Waals surface area contributed by atoms with Crippen LogP contribution < -0.4 is 10.5 Å². The Balaban J connectivity index is 1.46. The Morgan fingerprint density at radius 1 is 0.778 bits per heavy atom. The predicted octanol–water partition coefficient (Wildman–Crippen LogP) is 4.40. The van der Waals surface area contributed by atoms with Crippen molar-refractivity contribution in [3.63, 3.8) is 0 Å². The number of carbonyl (C=O) groups excluding carboxylic acids is 1. The summed E-state index contributed by atoms with van der Waals surface area (Å²) >= 11 is 0. The van der Waals surface area contributed by atoms with Gasteiger partial charge in [0.2, 0.25) is 0 Å². The van der Waals surface area contributed by atoms with Gasteiger partial charge in [-0.05, 0) is 28.8 Å². The lowest BCUT2D eigenvalue weighted by Gasteiger charge is -2.13. The smallest absolute Gasteiger partial charge is 0.308 e. The average Bonchev–Trinajstić information content (AvgIpc) is 2.72. The summed E-state index contributed by atoms with van der Waals surface area (Å²) in [6.45, 7) is 0.775. The highest BCUT2D eigenvalue weighted by Gasteiger charge is 2.13. The van der Waals surface area contributed by atoms with Crippen molar-refractivity contribution in [3.05, 3.63) is 102 Å². The first-order valence-electron chi connectivity index (χ1n) is 8.92. The van der Waals surface area contributed by atoms with Crippen molar-refractivity contribution < 1.29 is 14.3 Å². The maximum atomic E-state index is 12.0. The van der Waals surface area contributed by atoms with E-state index in [1.807, 2.05) is 84.9 Å². The quantitative estimate of drug-likeness (QED) is 0.604. The van der Waals surface area contributed by atoms with Crippen LogP contribution in [0.15, 0.2) is 84.9 Å². The van der Waals surface area contributed by atoms with Crippen LogP contribution in [0.3, 0.4) is 0 Å². The molecular formula is C23H23NO3. The van der Waals surface area contributed by atoms with Gasteiger partial charge in [0.05, 0.1) is 6.42 Å². The fraction of sp³-hybridized carbons (Fsp3) is 0.174. The molecule has 3 aromatic rings. The lowest BCUT2D eigenvalue weighted by molar-refractivity contribution is -0.145. The van der Waals surface area contributed by atoms with Crippen LogP contribution in [-0.2, 0) is 22.7 Å². The first kappa shape index (κ1) is 18.7. The Morgan fingerprint density at radius 2 is 1.33 bits per heavy atom. The van der Waals surface area contributed by atoms with Crippen LogP contribution >= 0.6 is 0 Å². The van der Waals surface area contributed by atoms with Crippen LogP contribution in [0, 0.1) is 0 Å². The van der Waals surface area contributed by atoms with E-state index in [0.29, 0.717) is 6.61 Å².